The van der Waals surface area contributed by atoms with Crippen molar-refractivity contribution in [1.82, 2.24) is 14.3 Å². The first-order valence-corrected chi connectivity index (χ1v) is 9.07. The zero-order valence-corrected chi connectivity index (χ0v) is 15.0. The maximum atomic E-state index is 11.2. The van der Waals surface area contributed by atoms with Crippen LogP contribution in [0.2, 0.25) is 0 Å². The molecule has 2 heterocycles. The number of methoxy groups -OCH3 is 1. The number of primary amides is 1. The first-order chi connectivity index (χ1) is 12.5. The molecule has 0 aliphatic carbocycles. The second kappa shape index (κ2) is 7.70. The summed E-state index contributed by atoms with van der Waals surface area (Å²) in [5.41, 5.74) is 5.64. The third kappa shape index (κ3) is 3.78. The number of hydrogen-bond acceptors (Lipinski definition) is 8. The van der Waals surface area contributed by atoms with Gasteiger partial charge in [-0.2, -0.15) is 0 Å². The van der Waals surface area contributed by atoms with Crippen molar-refractivity contribution in [3.05, 3.63) is 18.5 Å². The number of rotatable bonds is 4. The molecule has 3 rings (SSSR count). The lowest BCUT2D eigenvalue weighted by Gasteiger charge is -2.23. The van der Waals surface area contributed by atoms with Crippen LogP contribution in [-0.4, -0.2) is 62.1 Å². The van der Waals surface area contributed by atoms with Crippen molar-refractivity contribution in [2.45, 2.75) is 6.42 Å². The predicted molar refractivity (Wildman–Crippen MR) is 95.0 cm³/mol. The van der Waals surface area contributed by atoms with Gasteiger partial charge in [0, 0.05) is 37.6 Å². The normalized spacial score (nSPS) is 15.8. The number of nitrogens with two attached hydrogens (primary N) is 1. The number of carbonyl (C=O) groups is 1. The maximum absolute atomic E-state index is 11.2. The van der Waals surface area contributed by atoms with Gasteiger partial charge in [-0.15, -0.1) is 0 Å². The third-order valence-electron chi connectivity index (χ3n) is 4.11. The van der Waals surface area contributed by atoms with Crippen molar-refractivity contribution in [2.24, 2.45) is 5.73 Å². The van der Waals surface area contributed by atoms with E-state index in [4.69, 9.17) is 15.2 Å². The highest BCUT2D eigenvalue weighted by atomic mass is 32.2. The molecule has 1 amide bonds. The molecule has 0 saturated carbocycles. The van der Waals surface area contributed by atoms with Crippen LogP contribution in [0, 0.1) is 0 Å². The fraction of sp³-hybridized carbons (Fsp3) is 0.400. The Bertz CT molecular complexity index is 895. The molecular weight excluding hydrogens is 362 g/mol. The summed E-state index contributed by atoms with van der Waals surface area (Å²) < 4.78 is 34.1. The van der Waals surface area contributed by atoms with E-state index in [0.29, 0.717) is 55.1 Å². The number of amides is 1. The van der Waals surface area contributed by atoms with Crippen LogP contribution in [0.4, 0.5) is 10.6 Å². The molecule has 2 aromatic rings. The topological polar surface area (TPSA) is 128 Å². The highest BCUT2D eigenvalue weighted by Crippen LogP contribution is 2.35. The molecule has 140 valence electrons. The highest BCUT2D eigenvalue weighted by Gasteiger charge is 2.20. The van der Waals surface area contributed by atoms with E-state index in [1.54, 1.807) is 12.1 Å². The molecule has 0 radical (unpaired) electrons. The zero-order valence-electron chi connectivity index (χ0n) is 14.1. The number of nitrogens with zero attached hydrogens (tertiary/aromatic N) is 4. The van der Waals surface area contributed by atoms with Crippen LogP contribution >= 0.6 is 0 Å². The largest absolute Gasteiger partial charge is 0.493 e. The summed E-state index contributed by atoms with van der Waals surface area (Å²) in [5, 5.41) is 0.709. The van der Waals surface area contributed by atoms with Gasteiger partial charge in [0.25, 0.3) is 0 Å². The summed E-state index contributed by atoms with van der Waals surface area (Å²) in [6.45, 7) is 2.05. The molecule has 0 spiro atoms. The van der Waals surface area contributed by atoms with Crippen molar-refractivity contribution >= 4 is 33.7 Å². The number of fused-ring (bicyclic) bond motifs is 1. The van der Waals surface area contributed by atoms with E-state index in [1.807, 2.05) is 4.90 Å². The number of ether oxygens (including phenoxy) is 2. The molecule has 1 aromatic heterocycles. The molecule has 1 aliphatic rings. The minimum Gasteiger partial charge on any atom is -0.493 e. The standard InChI is InChI=1S/C15H19N5O5S/c1-24-12-7-10-11(8-13(12)25-15(16)21)17-9-18-14(10)19-3-2-4-20(6-5-19)26(22)23/h7-9,26H,2-6H2,1H3,(H2,16,21). The van der Waals surface area contributed by atoms with Crippen LogP contribution in [0.5, 0.6) is 11.5 Å². The first-order valence-electron chi connectivity index (χ1n) is 7.94. The lowest BCUT2D eigenvalue weighted by Crippen LogP contribution is -2.30. The van der Waals surface area contributed by atoms with E-state index in [-0.39, 0.29) is 5.75 Å². The van der Waals surface area contributed by atoms with Crippen molar-refractivity contribution in [2.75, 3.05) is 38.2 Å². The molecular formula is C15H19N5O5S. The van der Waals surface area contributed by atoms with Gasteiger partial charge in [0.1, 0.15) is 12.1 Å². The van der Waals surface area contributed by atoms with Gasteiger partial charge in [-0.1, -0.05) is 0 Å². The Morgan fingerprint density at radius 2 is 1.96 bits per heavy atom. The number of benzene rings is 1. The average Bonchev–Trinajstić information content (AvgIpc) is 2.86. The molecule has 1 aromatic carbocycles. The van der Waals surface area contributed by atoms with Gasteiger partial charge in [0.15, 0.2) is 11.5 Å². The van der Waals surface area contributed by atoms with Crippen LogP contribution in [0.1, 0.15) is 6.42 Å². The number of hydrogen-bond donors (Lipinski definition) is 2. The van der Waals surface area contributed by atoms with Crippen molar-refractivity contribution in [1.29, 1.82) is 0 Å². The summed E-state index contributed by atoms with van der Waals surface area (Å²) in [7, 11) is -1.13. The minimum atomic E-state index is -2.59. The molecule has 26 heavy (non-hydrogen) atoms. The summed E-state index contributed by atoms with van der Waals surface area (Å²) in [6.07, 6.45) is 1.15. The lowest BCUT2D eigenvalue weighted by atomic mass is 10.2. The monoisotopic (exact) mass is 381 g/mol. The molecule has 0 atom stereocenters. The first kappa shape index (κ1) is 18.1. The summed E-state index contributed by atoms with van der Waals surface area (Å²) in [4.78, 5) is 21.7. The van der Waals surface area contributed by atoms with Gasteiger partial charge < -0.3 is 20.1 Å². The van der Waals surface area contributed by atoms with Gasteiger partial charge in [-0.3, -0.25) is 0 Å². The van der Waals surface area contributed by atoms with Crippen molar-refractivity contribution < 1.29 is 22.7 Å². The van der Waals surface area contributed by atoms with Gasteiger partial charge >= 0.3 is 6.09 Å². The Balaban J connectivity index is 1.99. The van der Waals surface area contributed by atoms with E-state index >= 15 is 0 Å². The highest BCUT2D eigenvalue weighted by molar-refractivity contribution is 7.69. The maximum Gasteiger partial charge on any atom is 0.410 e. The summed E-state index contributed by atoms with van der Waals surface area (Å²) >= 11 is 0. The molecule has 1 aliphatic heterocycles. The van der Waals surface area contributed by atoms with Gasteiger partial charge in [-0.05, 0) is 12.5 Å². The number of anilines is 1. The lowest BCUT2D eigenvalue weighted by molar-refractivity contribution is 0.209. The van der Waals surface area contributed by atoms with Crippen LogP contribution < -0.4 is 20.1 Å². The van der Waals surface area contributed by atoms with E-state index in [1.165, 1.54) is 17.7 Å². The molecule has 0 unspecified atom stereocenters. The summed E-state index contributed by atoms with van der Waals surface area (Å²) in [5.74, 6) is 1.16. The van der Waals surface area contributed by atoms with E-state index in [2.05, 4.69) is 9.97 Å². The molecule has 1 saturated heterocycles. The SMILES string of the molecule is COc1cc2c(N3CCCN([SH](=O)=O)CC3)ncnc2cc1OC(N)=O. The number of aromatic nitrogens is 2. The Morgan fingerprint density at radius 1 is 1.15 bits per heavy atom. The second-order valence-corrected chi connectivity index (χ2v) is 6.71. The van der Waals surface area contributed by atoms with Crippen LogP contribution in [0.15, 0.2) is 18.5 Å². The molecule has 11 heteroatoms. The molecule has 2 N–H and O–H groups in total. The van der Waals surface area contributed by atoms with Crippen molar-refractivity contribution in [3.63, 3.8) is 0 Å². The Kier molecular flexibility index (Phi) is 5.38. The van der Waals surface area contributed by atoms with E-state index < -0.39 is 17.0 Å². The molecule has 0 bridgehead atoms. The Labute approximate surface area is 151 Å². The Hall–Kier alpha value is -2.66. The van der Waals surface area contributed by atoms with E-state index in [0.717, 1.165) is 0 Å². The average molecular weight is 381 g/mol. The quantitative estimate of drug-likeness (QED) is 0.716. The predicted octanol–water partition coefficient (Wildman–Crippen LogP) is 0.134. The zero-order chi connectivity index (χ0) is 18.7. The van der Waals surface area contributed by atoms with Gasteiger partial charge in [-0.25, -0.2) is 27.5 Å². The fourth-order valence-corrected chi connectivity index (χ4v) is 3.49. The van der Waals surface area contributed by atoms with Crippen LogP contribution in [0.3, 0.4) is 0 Å². The third-order valence-corrected chi connectivity index (χ3v) is 4.97. The van der Waals surface area contributed by atoms with Crippen LogP contribution in [0.25, 0.3) is 10.9 Å². The smallest absolute Gasteiger partial charge is 0.410 e. The summed E-state index contributed by atoms with van der Waals surface area (Å²) in [6, 6.07) is 3.24. The van der Waals surface area contributed by atoms with Gasteiger partial charge in [0.2, 0.25) is 10.9 Å². The van der Waals surface area contributed by atoms with Crippen molar-refractivity contribution in [3.8, 4) is 11.5 Å². The number of thiol groups is 1. The van der Waals surface area contributed by atoms with Crippen LogP contribution in [-0.2, 0) is 10.9 Å². The number of carbonyl (C=O) groups excluding carboxylic acids is 1. The molecule has 1 fully saturated rings. The fourth-order valence-electron chi connectivity index (χ4n) is 2.93. The van der Waals surface area contributed by atoms with Gasteiger partial charge in [0.05, 0.1) is 12.6 Å². The van der Waals surface area contributed by atoms with E-state index in [9.17, 15) is 13.2 Å². The minimum absolute atomic E-state index is 0.169. The molecule has 10 nitrogen and oxygen atoms in total. The Morgan fingerprint density at radius 3 is 2.65 bits per heavy atom. The second-order valence-electron chi connectivity index (χ2n) is 5.67.